The largest absolute Gasteiger partial charge is 0.423 e. The summed E-state index contributed by atoms with van der Waals surface area (Å²) in [4.78, 5) is 19.4. The van der Waals surface area contributed by atoms with Crippen molar-refractivity contribution in [2.45, 2.75) is 51.6 Å². The van der Waals surface area contributed by atoms with E-state index in [1.54, 1.807) is 13.1 Å². The molecule has 0 aromatic carbocycles. The van der Waals surface area contributed by atoms with Crippen molar-refractivity contribution in [3.05, 3.63) is 35.7 Å². The first-order valence-electron chi connectivity index (χ1n) is 8.86. The smallest absolute Gasteiger partial charge is 0.256 e. The summed E-state index contributed by atoms with van der Waals surface area (Å²) in [5.41, 5.74) is 0.171. The fraction of sp³-hybridized carbons (Fsp3) is 0.556. The van der Waals surface area contributed by atoms with Crippen LogP contribution in [0.5, 0.6) is 0 Å². The Kier molecular flexibility index (Phi) is 3.74. The highest BCUT2D eigenvalue weighted by molar-refractivity contribution is 5.95. The van der Waals surface area contributed by atoms with Crippen LogP contribution in [0.1, 0.15) is 55.2 Å². The molecule has 4 rings (SSSR count). The molecule has 132 valence electrons. The van der Waals surface area contributed by atoms with Crippen LogP contribution in [0.15, 0.2) is 22.7 Å². The maximum absolute atomic E-state index is 13.1. The van der Waals surface area contributed by atoms with Gasteiger partial charge in [0.2, 0.25) is 11.8 Å². The Hall–Kier alpha value is -2.44. The molecule has 2 fully saturated rings. The number of amides is 1. The van der Waals surface area contributed by atoms with Crippen LogP contribution in [-0.2, 0) is 5.54 Å². The molecule has 1 saturated heterocycles. The minimum atomic E-state index is -0.423. The van der Waals surface area contributed by atoms with Gasteiger partial charge >= 0.3 is 0 Å². The van der Waals surface area contributed by atoms with Crippen LogP contribution < -0.4 is 5.32 Å². The fourth-order valence-corrected chi connectivity index (χ4v) is 4.05. The molecule has 0 unspecified atom stereocenters. The van der Waals surface area contributed by atoms with Gasteiger partial charge in [0.05, 0.1) is 5.56 Å². The number of carbonyl (C=O) groups is 1. The Balaban J connectivity index is 1.61. The molecule has 1 aliphatic carbocycles. The molecule has 0 bridgehead atoms. The van der Waals surface area contributed by atoms with Crippen molar-refractivity contribution < 1.29 is 9.21 Å². The minimum absolute atomic E-state index is 0.0124. The molecular weight excluding hydrogens is 318 g/mol. The first-order valence-corrected chi connectivity index (χ1v) is 8.86. The molecule has 7 heteroatoms. The zero-order valence-electron chi connectivity index (χ0n) is 14.8. The Morgan fingerprint density at radius 1 is 1.36 bits per heavy atom. The van der Waals surface area contributed by atoms with E-state index in [4.69, 9.17) is 4.42 Å². The van der Waals surface area contributed by atoms with Gasteiger partial charge in [0.1, 0.15) is 11.4 Å². The van der Waals surface area contributed by atoms with Gasteiger partial charge in [-0.05, 0) is 51.2 Å². The topological polar surface area (TPSA) is 84.2 Å². The van der Waals surface area contributed by atoms with Crippen molar-refractivity contribution in [2.75, 3.05) is 11.9 Å². The predicted molar refractivity (Wildman–Crippen MR) is 92.1 cm³/mol. The Labute approximate surface area is 146 Å². The van der Waals surface area contributed by atoms with E-state index in [2.05, 4.69) is 34.3 Å². The lowest BCUT2D eigenvalue weighted by atomic mass is 9.67. The van der Waals surface area contributed by atoms with Crippen LogP contribution >= 0.6 is 0 Å². The molecular formula is C18H23N5O2. The van der Waals surface area contributed by atoms with Crippen molar-refractivity contribution >= 4 is 11.7 Å². The summed E-state index contributed by atoms with van der Waals surface area (Å²) in [6, 6.07) is 3.98. The van der Waals surface area contributed by atoms with E-state index in [1.165, 1.54) is 0 Å². The standard InChI is InChI=1S/C18H23N5O2/c1-11(2)20-15-5-4-13(10-19-15)16(24)23-9-7-14-6-8-18(14,23)17-22-21-12(3)25-17/h4-5,10-11,14H,6-9H2,1-3H3,(H,19,20)/t14-,18-/m0/s1. The number of carbonyl (C=O) groups excluding carboxylic acids is 1. The van der Waals surface area contributed by atoms with Crippen LogP contribution in [0.2, 0.25) is 0 Å². The fourth-order valence-electron chi connectivity index (χ4n) is 4.05. The van der Waals surface area contributed by atoms with Gasteiger partial charge in [-0.2, -0.15) is 0 Å². The first kappa shape index (κ1) is 16.1. The second-order valence-electron chi connectivity index (χ2n) is 7.26. The van der Waals surface area contributed by atoms with E-state index < -0.39 is 5.54 Å². The molecule has 0 radical (unpaired) electrons. The van der Waals surface area contributed by atoms with Gasteiger partial charge in [-0.25, -0.2) is 4.98 Å². The van der Waals surface area contributed by atoms with Crippen LogP contribution in [0.4, 0.5) is 5.82 Å². The summed E-state index contributed by atoms with van der Waals surface area (Å²) in [5, 5.41) is 11.4. The number of nitrogens with zero attached hydrogens (tertiary/aromatic N) is 4. The summed E-state index contributed by atoms with van der Waals surface area (Å²) < 4.78 is 5.73. The average molecular weight is 341 g/mol. The normalized spacial score (nSPS) is 25.0. The zero-order valence-corrected chi connectivity index (χ0v) is 14.8. The summed E-state index contributed by atoms with van der Waals surface area (Å²) in [5.74, 6) is 2.29. The van der Waals surface area contributed by atoms with Gasteiger partial charge in [0.15, 0.2) is 0 Å². The quantitative estimate of drug-likeness (QED) is 0.920. The lowest BCUT2D eigenvalue weighted by molar-refractivity contribution is -0.00345. The van der Waals surface area contributed by atoms with Crippen LogP contribution in [0.3, 0.4) is 0 Å². The number of pyridine rings is 1. The van der Waals surface area contributed by atoms with E-state index in [9.17, 15) is 4.79 Å². The number of hydrogen-bond acceptors (Lipinski definition) is 6. The van der Waals surface area contributed by atoms with E-state index >= 15 is 0 Å². The minimum Gasteiger partial charge on any atom is -0.423 e. The molecule has 2 atom stereocenters. The number of hydrogen-bond donors (Lipinski definition) is 1. The third kappa shape index (κ3) is 2.49. The molecule has 7 nitrogen and oxygen atoms in total. The molecule has 2 aromatic heterocycles. The number of aryl methyl sites for hydroxylation is 1. The molecule has 1 N–H and O–H groups in total. The van der Waals surface area contributed by atoms with Crippen molar-refractivity contribution in [1.82, 2.24) is 20.1 Å². The number of likely N-dealkylation sites (tertiary alicyclic amines) is 1. The van der Waals surface area contributed by atoms with Crippen molar-refractivity contribution in [2.24, 2.45) is 5.92 Å². The van der Waals surface area contributed by atoms with Gasteiger partial charge < -0.3 is 14.6 Å². The highest BCUT2D eigenvalue weighted by Crippen LogP contribution is 2.56. The second kappa shape index (κ2) is 5.82. The Bertz CT molecular complexity index is 785. The number of anilines is 1. The highest BCUT2D eigenvalue weighted by atomic mass is 16.4. The maximum atomic E-state index is 13.1. The Morgan fingerprint density at radius 3 is 2.76 bits per heavy atom. The monoisotopic (exact) mass is 341 g/mol. The summed E-state index contributed by atoms with van der Waals surface area (Å²) in [6.45, 7) is 6.61. The zero-order chi connectivity index (χ0) is 17.6. The highest BCUT2D eigenvalue weighted by Gasteiger charge is 2.61. The number of nitrogens with one attached hydrogen (secondary N) is 1. The van der Waals surface area contributed by atoms with Crippen molar-refractivity contribution in [1.29, 1.82) is 0 Å². The van der Waals surface area contributed by atoms with E-state index in [0.29, 0.717) is 29.3 Å². The number of rotatable bonds is 4. The molecule has 1 amide bonds. The molecule has 0 spiro atoms. The maximum Gasteiger partial charge on any atom is 0.256 e. The third-order valence-electron chi connectivity index (χ3n) is 5.32. The van der Waals surface area contributed by atoms with Crippen LogP contribution in [-0.4, -0.2) is 38.6 Å². The number of fused-ring (bicyclic) bond motifs is 1. The second-order valence-corrected chi connectivity index (χ2v) is 7.26. The molecule has 1 aliphatic heterocycles. The average Bonchev–Trinajstić information content (AvgIpc) is 3.09. The summed E-state index contributed by atoms with van der Waals surface area (Å²) in [7, 11) is 0. The molecule has 25 heavy (non-hydrogen) atoms. The van der Waals surface area contributed by atoms with Crippen molar-refractivity contribution in [3.8, 4) is 0 Å². The van der Waals surface area contributed by atoms with E-state index in [-0.39, 0.29) is 5.91 Å². The molecule has 1 saturated carbocycles. The first-order chi connectivity index (χ1) is 12.0. The van der Waals surface area contributed by atoms with E-state index in [0.717, 1.165) is 31.6 Å². The Morgan fingerprint density at radius 2 is 2.20 bits per heavy atom. The van der Waals surface area contributed by atoms with E-state index in [1.807, 2.05) is 17.0 Å². The summed E-state index contributed by atoms with van der Waals surface area (Å²) >= 11 is 0. The molecule has 2 aromatic rings. The van der Waals surface area contributed by atoms with Gasteiger partial charge in [-0.1, -0.05) is 0 Å². The van der Waals surface area contributed by atoms with Crippen LogP contribution in [0.25, 0.3) is 0 Å². The van der Waals surface area contributed by atoms with Crippen molar-refractivity contribution in [3.63, 3.8) is 0 Å². The third-order valence-corrected chi connectivity index (χ3v) is 5.32. The lowest BCUT2D eigenvalue weighted by Crippen LogP contribution is -2.54. The summed E-state index contributed by atoms with van der Waals surface area (Å²) in [6.07, 6.45) is 4.60. The van der Waals surface area contributed by atoms with Gasteiger partial charge in [0, 0.05) is 25.7 Å². The van der Waals surface area contributed by atoms with Gasteiger partial charge in [-0.3, -0.25) is 4.79 Å². The number of aromatic nitrogens is 3. The molecule has 2 aliphatic rings. The van der Waals surface area contributed by atoms with Gasteiger partial charge in [0.25, 0.3) is 5.91 Å². The SMILES string of the molecule is Cc1nnc([C@]23CC[C@H]2CCN3C(=O)c2ccc(NC(C)C)nc2)o1. The van der Waals surface area contributed by atoms with Crippen LogP contribution in [0, 0.1) is 12.8 Å². The van der Waals surface area contributed by atoms with Gasteiger partial charge in [-0.15, -0.1) is 10.2 Å². The molecule has 3 heterocycles. The lowest BCUT2D eigenvalue weighted by Gasteiger charge is -2.47. The predicted octanol–water partition coefficient (Wildman–Crippen LogP) is 2.74.